The van der Waals surface area contributed by atoms with Gasteiger partial charge in [-0.15, -0.1) is 0 Å². The molecule has 2 fully saturated rings. The molecule has 0 unspecified atom stereocenters. The van der Waals surface area contributed by atoms with Gasteiger partial charge in [0.1, 0.15) is 5.69 Å². The summed E-state index contributed by atoms with van der Waals surface area (Å²) in [7, 11) is 0. The fourth-order valence-corrected chi connectivity index (χ4v) is 4.86. The van der Waals surface area contributed by atoms with Gasteiger partial charge in [0.15, 0.2) is 17.2 Å². The lowest BCUT2D eigenvalue weighted by Crippen LogP contribution is -2.38. The van der Waals surface area contributed by atoms with Gasteiger partial charge in [0.25, 0.3) is 5.91 Å². The van der Waals surface area contributed by atoms with E-state index >= 15 is 0 Å². The van der Waals surface area contributed by atoms with E-state index in [-0.39, 0.29) is 11.7 Å². The minimum Gasteiger partial charge on any atom is -0.367 e. The first kappa shape index (κ1) is 25.4. The summed E-state index contributed by atoms with van der Waals surface area (Å²) in [6.45, 7) is 8.64. The molecule has 3 aromatic rings. The van der Waals surface area contributed by atoms with Crippen LogP contribution in [-0.4, -0.2) is 63.7 Å². The summed E-state index contributed by atoms with van der Waals surface area (Å²) in [5.74, 6) is 1.60. The molecule has 0 radical (unpaired) electrons. The van der Waals surface area contributed by atoms with E-state index in [4.69, 9.17) is 0 Å². The molecular weight excluding hydrogens is 464 g/mol. The molecule has 8 heteroatoms. The molecule has 3 heterocycles. The average molecular weight is 503 g/mol. The van der Waals surface area contributed by atoms with Gasteiger partial charge < -0.3 is 15.5 Å². The Morgan fingerprint density at radius 3 is 2.54 bits per heavy atom. The number of piperidine rings is 1. The van der Waals surface area contributed by atoms with Crippen molar-refractivity contribution < 1.29 is 9.59 Å². The molecule has 1 amide bonds. The second-order valence-electron chi connectivity index (χ2n) is 10.9. The summed E-state index contributed by atoms with van der Waals surface area (Å²) in [4.78, 5) is 37.3. The monoisotopic (exact) mass is 502 g/mol. The number of anilines is 1. The summed E-state index contributed by atoms with van der Waals surface area (Å²) >= 11 is 0. The third-order valence-corrected chi connectivity index (χ3v) is 7.24. The lowest BCUT2D eigenvalue weighted by Gasteiger charge is -2.26. The van der Waals surface area contributed by atoms with Crippen LogP contribution in [0.3, 0.4) is 0 Å². The van der Waals surface area contributed by atoms with E-state index in [1.54, 1.807) is 12.4 Å². The van der Waals surface area contributed by atoms with Crippen molar-refractivity contribution >= 4 is 23.2 Å². The number of hydrogen-bond acceptors (Lipinski definition) is 6. The van der Waals surface area contributed by atoms with Gasteiger partial charge >= 0.3 is 0 Å². The molecule has 0 bridgehead atoms. The number of fused-ring (bicyclic) bond motifs is 1. The van der Waals surface area contributed by atoms with Crippen LogP contribution in [0.4, 0.5) is 5.82 Å². The maximum Gasteiger partial charge on any atom is 0.271 e. The highest BCUT2D eigenvalue weighted by Gasteiger charge is 2.25. The van der Waals surface area contributed by atoms with Gasteiger partial charge in [0.2, 0.25) is 0 Å². The Balaban J connectivity index is 1.38. The van der Waals surface area contributed by atoms with Crippen molar-refractivity contribution in [3.8, 4) is 11.3 Å². The van der Waals surface area contributed by atoms with E-state index in [0.29, 0.717) is 42.0 Å². The van der Waals surface area contributed by atoms with Crippen LogP contribution in [0.5, 0.6) is 0 Å². The second-order valence-corrected chi connectivity index (χ2v) is 10.9. The molecule has 196 valence electrons. The van der Waals surface area contributed by atoms with Crippen molar-refractivity contribution in [3.05, 3.63) is 47.9 Å². The Labute approximate surface area is 218 Å². The largest absolute Gasteiger partial charge is 0.367 e. The van der Waals surface area contributed by atoms with Crippen molar-refractivity contribution in [3.63, 3.8) is 0 Å². The maximum absolute atomic E-state index is 13.1. The van der Waals surface area contributed by atoms with Gasteiger partial charge in [0.05, 0.1) is 11.9 Å². The zero-order chi connectivity index (χ0) is 25.8. The molecule has 1 aliphatic heterocycles. The first-order chi connectivity index (χ1) is 18.0. The molecule has 2 aromatic heterocycles. The second kappa shape index (κ2) is 11.4. The van der Waals surface area contributed by atoms with Crippen LogP contribution in [0.25, 0.3) is 16.9 Å². The molecule has 1 aliphatic carbocycles. The molecule has 1 saturated heterocycles. The molecule has 0 atom stereocenters. The number of amides is 1. The fourth-order valence-electron chi connectivity index (χ4n) is 4.86. The number of aromatic nitrogens is 3. The van der Waals surface area contributed by atoms with Crippen molar-refractivity contribution in [2.45, 2.75) is 52.4 Å². The molecule has 37 heavy (non-hydrogen) atoms. The third kappa shape index (κ3) is 6.36. The summed E-state index contributed by atoms with van der Waals surface area (Å²) < 4.78 is 1.93. The predicted molar refractivity (Wildman–Crippen MR) is 146 cm³/mol. The number of imidazole rings is 1. The molecule has 2 aliphatic rings. The van der Waals surface area contributed by atoms with Crippen molar-refractivity contribution in [1.82, 2.24) is 24.6 Å². The highest BCUT2D eigenvalue weighted by molar-refractivity contribution is 5.97. The Bertz CT molecular complexity index is 1240. The highest BCUT2D eigenvalue weighted by atomic mass is 16.2. The number of Topliss-reactive ketones (excluding diaryl/α,β-unsaturated/α-hetero) is 1. The topological polar surface area (TPSA) is 91.6 Å². The van der Waals surface area contributed by atoms with Gasteiger partial charge in [-0.25, -0.2) is 9.97 Å². The van der Waals surface area contributed by atoms with E-state index in [1.165, 1.54) is 32.1 Å². The molecular formula is C29H38N6O2. The summed E-state index contributed by atoms with van der Waals surface area (Å²) in [5, 5.41) is 6.43. The number of carbonyl (C=O) groups excluding carboxylic acids is 2. The van der Waals surface area contributed by atoms with Crippen LogP contribution < -0.4 is 10.6 Å². The molecule has 1 aromatic carbocycles. The Morgan fingerprint density at radius 1 is 1.08 bits per heavy atom. The van der Waals surface area contributed by atoms with Gasteiger partial charge in [-0.1, -0.05) is 44.5 Å². The maximum atomic E-state index is 13.1. The number of benzene rings is 1. The van der Waals surface area contributed by atoms with Gasteiger partial charge in [0, 0.05) is 43.4 Å². The van der Waals surface area contributed by atoms with Crippen LogP contribution >= 0.6 is 0 Å². The zero-order valence-electron chi connectivity index (χ0n) is 22.0. The number of nitrogens with zero attached hydrogens (tertiary/aromatic N) is 4. The number of carbonyl (C=O) groups is 2. The van der Waals surface area contributed by atoms with E-state index in [2.05, 4.69) is 39.3 Å². The van der Waals surface area contributed by atoms with E-state index in [9.17, 15) is 9.59 Å². The van der Waals surface area contributed by atoms with Crippen molar-refractivity contribution in [2.24, 2.45) is 11.8 Å². The van der Waals surface area contributed by atoms with Crippen LogP contribution in [0.1, 0.15) is 73.2 Å². The molecule has 8 nitrogen and oxygen atoms in total. The minimum absolute atomic E-state index is 0.188. The summed E-state index contributed by atoms with van der Waals surface area (Å²) in [6, 6.07) is 7.72. The quantitative estimate of drug-likeness (QED) is 0.371. The smallest absolute Gasteiger partial charge is 0.271 e. The third-order valence-electron chi connectivity index (χ3n) is 7.24. The lowest BCUT2D eigenvalue weighted by molar-refractivity contribution is 0.0939. The minimum atomic E-state index is -0.188. The highest BCUT2D eigenvalue weighted by Crippen LogP contribution is 2.34. The Kier molecular flexibility index (Phi) is 7.84. The fraction of sp³-hybridized carbons (Fsp3) is 0.517. The predicted octanol–water partition coefficient (Wildman–Crippen LogP) is 4.66. The van der Waals surface area contributed by atoms with Gasteiger partial charge in [-0.2, -0.15) is 0 Å². The molecule has 0 spiro atoms. The average Bonchev–Trinajstić information content (AvgIpc) is 3.62. The number of hydrogen-bond donors (Lipinski definition) is 2. The summed E-state index contributed by atoms with van der Waals surface area (Å²) in [6.07, 6.45) is 10.3. The van der Waals surface area contributed by atoms with Crippen molar-refractivity contribution in [2.75, 3.05) is 38.0 Å². The lowest BCUT2D eigenvalue weighted by atomic mass is 10.0. The van der Waals surface area contributed by atoms with Gasteiger partial charge in [-0.3, -0.25) is 14.0 Å². The molecule has 1 saturated carbocycles. The van der Waals surface area contributed by atoms with E-state index in [0.717, 1.165) is 43.0 Å². The standard InChI is InChI=1S/C29H38N6O2/c1-20(2)17-31-27-28-32-18-25(22-8-10-23(11-9-22)26(36)16-21-6-7-21)35(28)19-24(33-27)29(37)30-12-15-34-13-4-3-5-14-34/h8-11,18-21H,3-7,12-17H2,1-2H3,(H,30,37)(H,31,33). The van der Waals surface area contributed by atoms with Crippen LogP contribution in [0.15, 0.2) is 36.7 Å². The zero-order valence-corrected chi connectivity index (χ0v) is 22.0. The number of likely N-dealkylation sites (tertiary alicyclic amines) is 1. The molecule has 2 N–H and O–H groups in total. The Morgan fingerprint density at radius 2 is 1.84 bits per heavy atom. The number of nitrogens with one attached hydrogen (secondary N) is 2. The van der Waals surface area contributed by atoms with E-state index in [1.807, 2.05) is 28.7 Å². The summed E-state index contributed by atoms with van der Waals surface area (Å²) in [5.41, 5.74) is 3.57. The van der Waals surface area contributed by atoms with Crippen molar-refractivity contribution in [1.29, 1.82) is 0 Å². The van der Waals surface area contributed by atoms with Crippen LogP contribution in [0, 0.1) is 11.8 Å². The van der Waals surface area contributed by atoms with Crippen LogP contribution in [-0.2, 0) is 0 Å². The Hall–Kier alpha value is -3.26. The number of rotatable bonds is 11. The van der Waals surface area contributed by atoms with E-state index < -0.39 is 0 Å². The molecule has 5 rings (SSSR count). The van der Waals surface area contributed by atoms with Gasteiger partial charge in [-0.05, 0) is 50.6 Å². The van der Waals surface area contributed by atoms with Crippen LogP contribution in [0.2, 0.25) is 0 Å². The number of ketones is 1. The first-order valence-electron chi connectivity index (χ1n) is 13.7. The SMILES string of the molecule is CC(C)CNc1nc(C(=O)NCCN2CCCCC2)cn2c(-c3ccc(C(=O)CC4CC4)cc3)cnc12. The normalized spacial score (nSPS) is 16.3. The first-order valence-corrected chi connectivity index (χ1v) is 13.7.